The molecule has 22 heavy (non-hydrogen) atoms. The molecule has 2 aliphatic rings. The minimum absolute atomic E-state index is 0.314. The highest BCUT2D eigenvalue weighted by Crippen LogP contribution is 2.42. The van der Waals surface area contributed by atoms with Gasteiger partial charge in [-0.1, -0.05) is 12.8 Å². The number of aliphatic hydroxyl groups is 1. The molecule has 0 amide bonds. The summed E-state index contributed by atoms with van der Waals surface area (Å²) in [5, 5.41) is 19.1. The van der Waals surface area contributed by atoms with Crippen LogP contribution >= 0.6 is 0 Å². The van der Waals surface area contributed by atoms with Crippen molar-refractivity contribution in [2.75, 3.05) is 11.4 Å². The summed E-state index contributed by atoms with van der Waals surface area (Å²) in [6.45, 7) is 3.00. The minimum atomic E-state index is -0.565. The Labute approximate surface area is 130 Å². The van der Waals surface area contributed by atoms with Crippen LogP contribution in [0.1, 0.15) is 45.4 Å². The number of aromatic nitrogens is 4. The zero-order valence-electron chi connectivity index (χ0n) is 13.0. The molecule has 1 saturated heterocycles. The fourth-order valence-electron chi connectivity index (χ4n) is 4.37. The Kier molecular flexibility index (Phi) is 3.29. The van der Waals surface area contributed by atoms with Crippen LogP contribution in [0.3, 0.4) is 0 Å². The molecule has 0 radical (unpaired) electrons. The number of hydrogen-bond acceptors (Lipinski definition) is 5. The molecule has 1 N–H and O–H groups in total. The second-order valence-corrected chi connectivity index (χ2v) is 6.93. The van der Waals surface area contributed by atoms with E-state index in [1.807, 2.05) is 17.5 Å². The Morgan fingerprint density at radius 2 is 2.18 bits per heavy atom. The van der Waals surface area contributed by atoms with Crippen LogP contribution in [0.25, 0.3) is 5.65 Å². The third-order valence-electron chi connectivity index (χ3n) is 5.48. The van der Waals surface area contributed by atoms with Crippen molar-refractivity contribution in [1.29, 1.82) is 0 Å². The maximum Gasteiger partial charge on any atom is 0.203 e. The van der Waals surface area contributed by atoms with E-state index in [1.165, 1.54) is 6.42 Å². The topological polar surface area (TPSA) is 66.5 Å². The number of rotatable bonds is 2. The van der Waals surface area contributed by atoms with Crippen molar-refractivity contribution in [3.8, 4) is 0 Å². The molecule has 0 spiro atoms. The summed E-state index contributed by atoms with van der Waals surface area (Å²) >= 11 is 0. The highest BCUT2D eigenvalue weighted by molar-refractivity contribution is 5.64. The van der Waals surface area contributed by atoms with E-state index in [0.29, 0.717) is 12.0 Å². The van der Waals surface area contributed by atoms with Gasteiger partial charge in [-0.3, -0.25) is 4.40 Å². The van der Waals surface area contributed by atoms with Gasteiger partial charge in [0.05, 0.1) is 5.60 Å². The molecular formula is C16H23N5O. The van der Waals surface area contributed by atoms with E-state index in [2.05, 4.69) is 20.1 Å². The molecule has 6 heteroatoms. The summed E-state index contributed by atoms with van der Waals surface area (Å²) in [5.41, 5.74) is 0.245. The first-order chi connectivity index (χ1) is 10.7. The lowest BCUT2D eigenvalue weighted by atomic mass is 9.72. The Bertz CT molecular complexity index is 667. The molecule has 0 bridgehead atoms. The molecule has 2 aromatic rings. The summed E-state index contributed by atoms with van der Waals surface area (Å²) in [6, 6.07) is 0.352. The average Bonchev–Trinajstić information content (AvgIpc) is 3.15. The monoisotopic (exact) mass is 301 g/mol. The van der Waals surface area contributed by atoms with E-state index in [0.717, 1.165) is 50.1 Å². The molecule has 4 rings (SSSR count). The van der Waals surface area contributed by atoms with E-state index in [1.54, 1.807) is 12.5 Å². The lowest BCUT2D eigenvalue weighted by molar-refractivity contribution is -0.0410. The summed E-state index contributed by atoms with van der Waals surface area (Å²) in [4.78, 5) is 6.93. The van der Waals surface area contributed by atoms with Gasteiger partial charge in [0, 0.05) is 30.9 Å². The molecule has 0 unspecified atom stereocenters. The zero-order valence-corrected chi connectivity index (χ0v) is 13.0. The van der Waals surface area contributed by atoms with Gasteiger partial charge in [0.1, 0.15) is 6.33 Å². The van der Waals surface area contributed by atoms with Gasteiger partial charge in [0.2, 0.25) is 5.65 Å². The number of nitrogens with zero attached hydrogens (tertiary/aromatic N) is 5. The second kappa shape index (κ2) is 5.19. The average molecular weight is 301 g/mol. The van der Waals surface area contributed by atoms with Crippen molar-refractivity contribution in [2.24, 2.45) is 5.92 Å². The van der Waals surface area contributed by atoms with E-state index in [9.17, 15) is 5.11 Å². The fourth-order valence-corrected chi connectivity index (χ4v) is 4.37. The van der Waals surface area contributed by atoms with Gasteiger partial charge < -0.3 is 10.0 Å². The van der Waals surface area contributed by atoms with Crippen LogP contribution in [-0.2, 0) is 0 Å². The first-order valence-corrected chi connectivity index (χ1v) is 8.30. The Hall–Kier alpha value is -1.69. The molecule has 2 fully saturated rings. The van der Waals surface area contributed by atoms with Crippen molar-refractivity contribution in [3.05, 3.63) is 18.7 Å². The molecule has 3 atom stereocenters. The van der Waals surface area contributed by atoms with Crippen LogP contribution in [0.4, 0.5) is 5.82 Å². The van der Waals surface area contributed by atoms with Crippen molar-refractivity contribution in [1.82, 2.24) is 19.6 Å². The lowest BCUT2D eigenvalue weighted by Crippen LogP contribution is -2.49. The highest BCUT2D eigenvalue weighted by atomic mass is 16.3. The molecule has 0 aromatic carbocycles. The molecular weight excluding hydrogens is 278 g/mol. The van der Waals surface area contributed by atoms with Gasteiger partial charge in [-0.15, -0.1) is 10.2 Å². The third kappa shape index (κ3) is 2.17. The smallest absolute Gasteiger partial charge is 0.203 e. The quantitative estimate of drug-likeness (QED) is 0.919. The van der Waals surface area contributed by atoms with Gasteiger partial charge in [-0.05, 0) is 32.6 Å². The van der Waals surface area contributed by atoms with E-state index in [-0.39, 0.29) is 0 Å². The molecule has 118 valence electrons. The standard InChI is InChI=1S/C16H23N5O/c1-16(22)7-3-2-5-12(16)13-6-4-9-21(13)14-15-19-18-11-20(15)10-8-17-14/h8,10-13,22H,2-7,9H2,1H3/t12-,13-,16-/m0/s1. The fraction of sp³-hybridized carbons (Fsp3) is 0.688. The van der Waals surface area contributed by atoms with Crippen LogP contribution in [0.2, 0.25) is 0 Å². The Morgan fingerprint density at radius 1 is 1.27 bits per heavy atom. The van der Waals surface area contributed by atoms with Crippen molar-refractivity contribution < 1.29 is 5.11 Å². The minimum Gasteiger partial charge on any atom is -0.390 e. The van der Waals surface area contributed by atoms with E-state index in [4.69, 9.17) is 0 Å². The Morgan fingerprint density at radius 3 is 3.05 bits per heavy atom. The van der Waals surface area contributed by atoms with Crippen LogP contribution in [0.15, 0.2) is 18.7 Å². The maximum atomic E-state index is 10.9. The number of hydrogen-bond donors (Lipinski definition) is 1. The van der Waals surface area contributed by atoms with Crippen molar-refractivity contribution >= 4 is 11.5 Å². The van der Waals surface area contributed by atoms with Crippen molar-refractivity contribution in [2.45, 2.75) is 57.1 Å². The molecule has 2 aromatic heterocycles. The predicted octanol–water partition coefficient (Wildman–Crippen LogP) is 2.03. The van der Waals surface area contributed by atoms with Crippen LogP contribution in [-0.4, -0.2) is 42.9 Å². The zero-order chi connectivity index (χ0) is 15.2. The van der Waals surface area contributed by atoms with E-state index >= 15 is 0 Å². The van der Waals surface area contributed by atoms with Gasteiger partial charge in [0.15, 0.2) is 5.82 Å². The maximum absolute atomic E-state index is 10.9. The summed E-state index contributed by atoms with van der Waals surface area (Å²) in [7, 11) is 0. The molecule has 1 saturated carbocycles. The first kappa shape index (κ1) is 13.9. The highest BCUT2D eigenvalue weighted by Gasteiger charge is 2.44. The van der Waals surface area contributed by atoms with Crippen LogP contribution < -0.4 is 4.90 Å². The van der Waals surface area contributed by atoms with E-state index < -0.39 is 5.60 Å². The third-order valence-corrected chi connectivity index (χ3v) is 5.48. The summed E-state index contributed by atoms with van der Waals surface area (Å²) in [5.74, 6) is 1.22. The SMILES string of the molecule is C[C@]1(O)CCCC[C@H]1[C@@H]1CCCN1c1nccn2cnnc12. The molecule has 3 heterocycles. The molecule has 1 aliphatic heterocycles. The first-order valence-electron chi connectivity index (χ1n) is 8.30. The van der Waals surface area contributed by atoms with Gasteiger partial charge >= 0.3 is 0 Å². The van der Waals surface area contributed by atoms with Crippen LogP contribution in [0.5, 0.6) is 0 Å². The van der Waals surface area contributed by atoms with Gasteiger partial charge in [-0.25, -0.2) is 4.98 Å². The second-order valence-electron chi connectivity index (χ2n) is 6.93. The number of anilines is 1. The largest absolute Gasteiger partial charge is 0.390 e. The van der Waals surface area contributed by atoms with Gasteiger partial charge in [0.25, 0.3) is 0 Å². The summed E-state index contributed by atoms with van der Waals surface area (Å²) < 4.78 is 1.91. The normalized spacial score (nSPS) is 32.7. The molecule has 1 aliphatic carbocycles. The number of fused-ring (bicyclic) bond motifs is 1. The molecule has 6 nitrogen and oxygen atoms in total. The Balaban J connectivity index is 1.70. The lowest BCUT2D eigenvalue weighted by Gasteiger charge is -2.43. The van der Waals surface area contributed by atoms with Gasteiger partial charge in [-0.2, -0.15) is 0 Å². The van der Waals surface area contributed by atoms with Crippen LogP contribution in [0, 0.1) is 5.92 Å². The van der Waals surface area contributed by atoms with Crippen molar-refractivity contribution in [3.63, 3.8) is 0 Å². The predicted molar refractivity (Wildman–Crippen MR) is 83.7 cm³/mol. The summed E-state index contributed by atoms with van der Waals surface area (Å²) in [6.07, 6.45) is 12.0.